The molecular formula is C24H25ClN2O5S. The maximum Gasteiger partial charge on any atom is 0.311 e. The molecule has 5 rings (SSSR count). The summed E-state index contributed by atoms with van der Waals surface area (Å²) in [6.45, 7) is 0.922. The molecule has 33 heavy (non-hydrogen) atoms. The molecule has 4 aliphatic rings. The molecule has 0 radical (unpaired) electrons. The lowest BCUT2D eigenvalue weighted by atomic mass is 9.78. The molecule has 1 spiro atoms. The Morgan fingerprint density at radius 1 is 1.12 bits per heavy atom. The van der Waals surface area contributed by atoms with E-state index in [2.05, 4.69) is 0 Å². The number of anilines is 1. The normalized spacial score (nSPS) is 32.8. The highest BCUT2D eigenvalue weighted by Gasteiger charge is 2.71. The number of halogens is 1. The number of esters is 1. The van der Waals surface area contributed by atoms with Crippen LogP contribution in [-0.2, 0) is 19.1 Å². The van der Waals surface area contributed by atoms with E-state index in [-0.39, 0.29) is 36.2 Å². The number of fused-ring (bicyclic) bond motifs is 2. The highest BCUT2D eigenvalue weighted by molar-refractivity contribution is 8.02. The van der Waals surface area contributed by atoms with E-state index < -0.39 is 22.6 Å². The Morgan fingerprint density at radius 2 is 1.91 bits per heavy atom. The summed E-state index contributed by atoms with van der Waals surface area (Å²) in [5.41, 5.74) is 0.703. The van der Waals surface area contributed by atoms with Crippen molar-refractivity contribution in [3.63, 3.8) is 0 Å². The lowest BCUT2D eigenvalue weighted by Gasteiger charge is -2.35. The molecule has 1 aromatic carbocycles. The molecule has 0 saturated carbocycles. The van der Waals surface area contributed by atoms with E-state index in [9.17, 15) is 19.5 Å². The predicted molar refractivity (Wildman–Crippen MR) is 126 cm³/mol. The Morgan fingerprint density at radius 3 is 2.67 bits per heavy atom. The minimum absolute atomic E-state index is 0.0165. The van der Waals surface area contributed by atoms with Crippen LogP contribution in [0.2, 0.25) is 5.02 Å². The van der Waals surface area contributed by atoms with E-state index in [0.717, 1.165) is 0 Å². The molecule has 0 aromatic heterocycles. The highest BCUT2D eigenvalue weighted by Crippen LogP contribution is 2.61. The van der Waals surface area contributed by atoms with Gasteiger partial charge in [0.15, 0.2) is 0 Å². The number of carbonyl (C=O) groups is 3. The first-order valence-electron chi connectivity index (χ1n) is 11.1. The fourth-order valence-electron chi connectivity index (χ4n) is 5.46. The minimum Gasteiger partial charge on any atom is -0.461 e. The average Bonchev–Trinajstić information content (AvgIpc) is 3.09. The molecule has 4 heterocycles. The Labute approximate surface area is 201 Å². The van der Waals surface area contributed by atoms with Gasteiger partial charge in [-0.05, 0) is 37.1 Å². The van der Waals surface area contributed by atoms with Crippen LogP contribution in [0.3, 0.4) is 0 Å². The Balaban J connectivity index is 1.58. The Kier molecular flexibility index (Phi) is 6.01. The predicted octanol–water partition coefficient (Wildman–Crippen LogP) is 2.43. The van der Waals surface area contributed by atoms with Gasteiger partial charge in [-0.25, -0.2) is 0 Å². The van der Waals surface area contributed by atoms with Gasteiger partial charge in [-0.3, -0.25) is 14.4 Å². The number of amides is 2. The number of hydrogen-bond acceptors (Lipinski definition) is 6. The second-order valence-corrected chi connectivity index (χ2v) is 10.6. The van der Waals surface area contributed by atoms with Crippen LogP contribution in [0.5, 0.6) is 0 Å². The van der Waals surface area contributed by atoms with Crippen LogP contribution in [-0.4, -0.2) is 70.1 Å². The van der Waals surface area contributed by atoms with Crippen LogP contribution in [0.4, 0.5) is 5.69 Å². The maximum absolute atomic E-state index is 14.1. The summed E-state index contributed by atoms with van der Waals surface area (Å²) >= 11 is 7.57. The van der Waals surface area contributed by atoms with Crippen molar-refractivity contribution in [2.24, 2.45) is 11.8 Å². The number of cyclic esters (lactones) is 1. The van der Waals surface area contributed by atoms with Crippen molar-refractivity contribution in [1.29, 1.82) is 0 Å². The number of nitrogens with zero attached hydrogens (tertiary/aromatic N) is 2. The summed E-state index contributed by atoms with van der Waals surface area (Å²) in [5.74, 6) is -2.06. The number of ether oxygens (including phenoxy) is 1. The van der Waals surface area contributed by atoms with E-state index in [0.29, 0.717) is 36.6 Å². The fourth-order valence-corrected chi connectivity index (χ4v) is 7.58. The van der Waals surface area contributed by atoms with Crippen LogP contribution < -0.4 is 4.90 Å². The summed E-state index contributed by atoms with van der Waals surface area (Å²) < 4.78 is 4.51. The van der Waals surface area contributed by atoms with E-state index in [4.69, 9.17) is 16.3 Å². The SMILES string of the molecule is O=C1OCC=C[C@H]2S[C@]34C=CCN(c5ccc(Cl)cc5)C(=O)C3N(CCCCO)C(=O)[C@@H]4[C@@H]12. The largest absolute Gasteiger partial charge is 0.461 e. The third-order valence-electron chi connectivity index (χ3n) is 6.86. The van der Waals surface area contributed by atoms with Gasteiger partial charge in [0.25, 0.3) is 5.91 Å². The molecule has 2 amide bonds. The van der Waals surface area contributed by atoms with E-state index in [1.807, 2.05) is 24.3 Å². The molecule has 9 heteroatoms. The number of benzene rings is 1. The molecule has 4 aliphatic heterocycles. The zero-order valence-corrected chi connectivity index (χ0v) is 19.5. The van der Waals surface area contributed by atoms with Gasteiger partial charge in [-0.15, -0.1) is 11.8 Å². The van der Waals surface area contributed by atoms with Crippen LogP contribution in [0, 0.1) is 11.8 Å². The number of aliphatic hydroxyl groups excluding tert-OH is 1. The van der Waals surface area contributed by atoms with E-state index in [1.165, 1.54) is 11.8 Å². The number of aliphatic hydroxyl groups is 1. The van der Waals surface area contributed by atoms with Crippen molar-refractivity contribution in [2.45, 2.75) is 28.9 Å². The zero-order chi connectivity index (χ0) is 23.2. The lowest BCUT2D eigenvalue weighted by Crippen LogP contribution is -2.53. The Hall–Kier alpha value is -2.29. The molecule has 5 atom stereocenters. The molecule has 2 saturated heterocycles. The maximum atomic E-state index is 14.1. The number of hydrogen-bond donors (Lipinski definition) is 1. The number of rotatable bonds is 5. The second-order valence-electron chi connectivity index (χ2n) is 8.69. The molecule has 174 valence electrons. The van der Waals surface area contributed by atoms with Crippen LogP contribution in [0.1, 0.15) is 12.8 Å². The first-order valence-corrected chi connectivity index (χ1v) is 12.4. The average molecular weight is 489 g/mol. The van der Waals surface area contributed by atoms with Crippen LogP contribution in [0.15, 0.2) is 48.6 Å². The van der Waals surface area contributed by atoms with Gasteiger partial charge < -0.3 is 19.6 Å². The van der Waals surface area contributed by atoms with Crippen molar-refractivity contribution in [2.75, 3.05) is 31.2 Å². The molecular weight excluding hydrogens is 464 g/mol. The van der Waals surface area contributed by atoms with Crippen molar-refractivity contribution in [1.82, 2.24) is 4.90 Å². The van der Waals surface area contributed by atoms with Crippen molar-refractivity contribution >= 4 is 46.8 Å². The standard InChI is InChI=1S/C24H25ClN2O5S/c25-15-6-8-16(9-7-15)26-12-4-10-24-19(18-17(33-24)5-3-14-32-23(18)31)21(29)27(11-1-2-13-28)20(24)22(26)30/h3-10,17-20,28H,1-2,11-14H2/t17-,18+,19+,20?,24+/m1/s1. The number of unbranched alkanes of at least 4 members (excludes halogenated alkanes) is 1. The zero-order valence-electron chi connectivity index (χ0n) is 17.9. The Bertz CT molecular complexity index is 1030. The monoisotopic (exact) mass is 488 g/mol. The molecule has 0 bridgehead atoms. The van der Waals surface area contributed by atoms with Gasteiger partial charge in [0.2, 0.25) is 5.91 Å². The van der Waals surface area contributed by atoms with E-state index >= 15 is 0 Å². The lowest BCUT2D eigenvalue weighted by molar-refractivity contribution is -0.151. The molecule has 7 nitrogen and oxygen atoms in total. The summed E-state index contributed by atoms with van der Waals surface area (Å²) in [4.78, 5) is 44.1. The molecule has 0 aliphatic carbocycles. The van der Waals surface area contributed by atoms with Gasteiger partial charge in [-0.2, -0.15) is 0 Å². The van der Waals surface area contributed by atoms with Gasteiger partial charge >= 0.3 is 5.97 Å². The van der Waals surface area contributed by atoms with Crippen molar-refractivity contribution in [3.8, 4) is 0 Å². The summed E-state index contributed by atoms with van der Waals surface area (Å²) in [6, 6.07) is 6.31. The summed E-state index contributed by atoms with van der Waals surface area (Å²) in [5, 5.41) is 9.60. The number of thioether (sulfide) groups is 1. The van der Waals surface area contributed by atoms with E-state index in [1.54, 1.807) is 34.1 Å². The second kappa shape index (κ2) is 8.81. The molecule has 1 aromatic rings. The first-order chi connectivity index (χ1) is 16.0. The first kappa shape index (κ1) is 22.5. The van der Waals surface area contributed by atoms with Crippen LogP contribution in [0.25, 0.3) is 0 Å². The van der Waals surface area contributed by atoms with Crippen LogP contribution >= 0.6 is 23.4 Å². The fraction of sp³-hybridized carbons (Fsp3) is 0.458. The van der Waals surface area contributed by atoms with Gasteiger partial charge in [0.05, 0.1) is 16.6 Å². The highest BCUT2D eigenvalue weighted by atomic mass is 35.5. The molecule has 1 N–H and O–H groups in total. The van der Waals surface area contributed by atoms with Gasteiger partial charge in [-0.1, -0.05) is 35.9 Å². The molecule has 1 unspecified atom stereocenters. The summed E-state index contributed by atoms with van der Waals surface area (Å²) in [6.07, 6.45) is 8.76. The number of likely N-dealkylation sites (tertiary alicyclic amines) is 1. The topological polar surface area (TPSA) is 87.2 Å². The quantitative estimate of drug-likeness (QED) is 0.389. The smallest absolute Gasteiger partial charge is 0.311 e. The third-order valence-corrected chi connectivity index (χ3v) is 8.85. The number of carbonyl (C=O) groups excluding carboxylic acids is 3. The van der Waals surface area contributed by atoms with Crippen molar-refractivity contribution in [3.05, 3.63) is 53.6 Å². The van der Waals surface area contributed by atoms with Gasteiger partial charge in [0.1, 0.15) is 12.6 Å². The third kappa shape index (κ3) is 3.59. The molecule has 2 fully saturated rings. The van der Waals surface area contributed by atoms with Crippen molar-refractivity contribution < 1.29 is 24.2 Å². The summed E-state index contributed by atoms with van der Waals surface area (Å²) in [7, 11) is 0. The minimum atomic E-state index is -0.857. The van der Waals surface area contributed by atoms with Gasteiger partial charge in [0, 0.05) is 35.7 Å².